The molecule has 2 aromatic carbocycles. The van der Waals surface area contributed by atoms with Crippen molar-refractivity contribution < 1.29 is 13.7 Å². The van der Waals surface area contributed by atoms with Crippen molar-refractivity contribution in [2.24, 2.45) is 0 Å². The van der Waals surface area contributed by atoms with E-state index >= 15 is 0 Å². The summed E-state index contributed by atoms with van der Waals surface area (Å²) >= 11 is 0. The van der Waals surface area contributed by atoms with E-state index in [2.05, 4.69) is 15.5 Å². The molecule has 1 amide bonds. The number of anilines is 1. The third-order valence-electron chi connectivity index (χ3n) is 4.42. The van der Waals surface area contributed by atoms with Crippen LogP contribution in [0.25, 0.3) is 22.4 Å². The minimum Gasteiger partial charge on any atom is -0.440 e. The average molecular weight is 375 g/mol. The van der Waals surface area contributed by atoms with E-state index in [-0.39, 0.29) is 11.3 Å². The Morgan fingerprint density at radius 1 is 1.07 bits per heavy atom. The Morgan fingerprint density at radius 2 is 1.82 bits per heavy atom. The normalized spacial score (nSPS) is 11.7. The molecule has 0 radical (unpaired) electrons. The van der Waals surface area contributed by atoms with Crippen molar-refractivity contribution in [3.05, 3.63) is 65.7 Å². The number of nitrogens with one attached hydrogen (secondary N) is 1. The SMILES string of the molecule is Cc1onc(-c2ccccc2)c1C(=O)Nc1ccc2oc(C(C)(C)C)nc2c1. The van der Waals surface area contributed by atoms with E-state index in [4.69, 9.17) is 8.94 Å². The van der Waals surface area contributed by atoms with Gasteiger partial charge >= 0.3 is 0 Å². The van der Waals surface area contributed by atoms with E-state index in [1.165, 1.54) is 0 Å². The number of amides is 1. The molecule has 2 aromatic heterocycles. The molecule has 0 spiro atoms. The number of hydrogen-bond acceptors (Lipinski definition) is 5. The second-order valence-electron chi connectivity index (χ2n) is 7.73. The average Bonchev–Trinajstić information content (AvgIpc) is 3.25. The predicted molar refractivity (Wildman–Crippen MR) is 107 cm³/mol. The maximum atomic E-state index is 12.9. The van der Waals surface area contributed by atoms with E-state index in [9.17, 15) is 4.79 Å². The molecule has 6 nitrogen and oxygen atoms in total. The van der Waals surface area contributed by atoms with Gasteiger partial charge in [0.05, 0.1) is 0 Å². The fourth-order valence-electron chi connectivity index (χ4n) is 2.95. The van der Waals surface area contributed by atoms with Crippen molar-refractivity contribution in [3.63, 3.8) is 0 Å². The Kier molecular flexibility index (Phi) is 4.26. The van der Waals surface area contributed by atoms with Gasteiger partial charge < -0.3 is 14.3 Å². The molecule has 0 fully saturated rings. The van der Waals surface area contributed by atoms with Crippen LogP contribution in [0.3, 0.4) is 0 Å². The monoisotopic (exact) mass is 375 g/mol. The van der Waals surface area contributed by atoms with Gasteiger partial charge in [-0.2, -0.15) is 0 Å². The number of aromatic nitrogens is 2. The summed E-state index contributed by atoms with van der Waals surface area (Å²) in [4.78, 5) is 17.5. The fraction of sp³-hybridized carbons (Fsp3) is 0.227. The van der Waals surface area contributed by atoms with E-state index < -0.39 is 0 Å². The van der Waals surface area contributed by atoms with Crippen molar-refractivity contribution in [2.45, 2.75) is 33.1 Å². The Morgan fingerprint density at radius 3 is 2.54 bits per heavy atom. The predicted octanol–water partition coefficient (Wildman–Crippen LogP) is 5.34. The van der Waals surface area contributed by atoms with E-state index in [0.717, 1.165) is 5.56 Å². The largest absolute Gasteiger partial charge is 0.440 e. The van der Waals surface area contributed by atoms with Gasteiger partial charge in [0.15, 0.2) is 5.58 Å². The first-order valence-electron chi connectivity index (χ1n) is 9.07. The molecule has 0 aliphatic heterocycles. The minimum atomic E-state index is -0.281. The van der Waals surface area contributed by atoms with Gasteiger partial charge in [-0.25, -0.2) is 4.98 Å². The first-order valence-corrected chi connectivity index (χ1v) is 9.07. The Balaban J connectivity index is 1.65. The lowest BCUT2D eigenvalue weighted by Crippen LogP contribution is -2.13. The molecule has 142 valence electrons. The topological polar surface area (TPSA) is 81.2 Å². The van der Waals surface area contributed by atoms with Gasteiger partial charge in [-0.3, -0.25) is 4.79 Å². The Labute approximate surface area is 162 Å². The Bertz CT molecular complexity index is 1150. The third-order valence-corrected chi connectivity index (χ3v) is 4.42. The molecule has 6 heteroatoms. The molecule has 0 aliphatic rings. The highest BCUT2D eigenvalue weighted by Crippen LogP contribution is 2.29. The number of aryl methyl sites for hydroxylation is 1. The number of nitrogens with zero attached hydrogens (tertiary/aromatic N) is 2. The second kappa shape index (κ2) is 6.64. The van der Waals surface area contributed by atoms with Crippen LogP contribution in [0.5, 0.6) is 0 Å². The first kappa shape index (κ1) is 18.0. The summed E-state index contributed by atoms with van der Waals surface area (Å²) < 4.78 is 11.1. The molecule has 0 saturated heterocycles. The van der Waals surface area contributed by atoms with Crippen molar-refractivity contribution in [1.29, 1.82) is 0 Å². The molecule has 0 unspecified atom stereocenters. The van der Waals surface area contributed by atoms with Gasteiger partial charge in [-0.05, 0) is 25.1 Å². The number of fused-ring (bicyclic) bond motifs is 1. The highest BCUT2D eigenvalue weighted by molar-refractivity contribution is 6.09. The molecule has 1 N–H and O–H groups in total. The van der Waals surface area contributed by atoms with Gasteiger partial charge in [0.1, 0.15) is 22.5 Å². The molecular weight excluding hydrogens is 354 g/mol. The quantitative estimate of drug-likeness (QED) is 0.523. The van der Waals surface area contributed by atoms with Crippen molar-refractivity contribution in [2.75, 3.05) is 5.32 Å². The van der Waals surface area contributed by atoms with Crippen LogP contribution >= 0.6 is 0 Å². The van der Waals surface area contributed by atoms with Crippen LogP contribution in [0.1, 0.15) is 42.8 Å². The number of carbonyl (C=O) groups is 1. The molecule has 0 bridgehead atoms. The number of rotatable bonds is 3. The van der Waals surface area contributed by atoms with Crippen molar-refractivity contribution in [3.8, 4) is 11.3 Å². The summed E-state index contributed by atoms with van der Waals surface area (Å²) in [6.07, 6.45) is 0. The summed E-state index contributed by atoms with van der Waals surface area (Å²) in [6.45, 7) is 7.85. The van der Waals surface area contributed by atoms with Crippen molar-refractivity contribution in [1.82, 2.24) is 10.1 Å². The zero-order chi connectivity index (χ0) is 19.9. The maximum Gasteiger partial charge on any atom is 0.261 e. The van der Waals surface area contributed by atoms with Gasteiger partial charge in [0.2, 0.25) is 5.89 Å². The highest BCUT2D eigenvalue weighted by Gasteiger charge is 2.23. The minimum absolute atomic E-state index is 0.188. The third kappa shape index (κ3) is 3.29. The lowest BCUT2D eigenvalue weighted by atomic mass is 9.97. The summed E-state index contributed by atoms with van der Waals surface area (Å²) in [7, 11) is 0. The zero-order valence-electron chi connectivity index (χ0n) is 16.2. The van der Waals surface area contributed by atoms with Crippen LogP contribution in [-0.4, -0.2) is 16.0 Å². The standard InChI is InChI=1S/C22H21N3O3/c1-13-18(19(25-28-13)14-8-6-5-7-9-14)20(26)23-15-10-11-17-16(12-15)24-21(27-17)22(2,3)4/h5-12H,1-4H3,(H,23,26). The first-order chi connectivity index (χ1) is 13.3. The molecule has 0 aliphatic carbocycles. The Hall–Kier alpha value is -3.41. The van der Waals surface area contributed by atoms with Gasteiger partial charge in [0.25, 0.3) is 5.91 Å². The molecule has 28 heavy (non-hydrogen) atoms. The van der Waals surface area contributed by atoms with Crippen LogP contribution in [0, 0.1) is 6.92 Å². The second-order valence-corrected chi connectivity index (χ2v) is 7.73. The number of oxazole rings is 1. The van der Waals surface area contributed by atoms with Gasteiger partial charge in [-0.15, -0.1) is 0 Å². The van der Waals surface area contributed by atoms with Crippen molar-refractivity contribution >= 4 is 22.7 Å². The highest BCUT2D eigenvalue weighted by atomic mass is 16.5. The molecular formula is C22H21N3O3. The van der Waals surface area contributed by atoms with Crippen LogP contribution in [0.2, 0.25) is 0 Å². The van der Waals surface area contributed by atoms with E-state index in [0.29, 0.717) is 39.7 Å². The summed E-state index contributed by atoms with van der Waals surface area (Å²) in [5, 5.41) is 6.98. The number of carbonyl (C=O) groups excluding carboxylic acids is 1. The van der Waals surface area contributed by atoms with Crippen LogP contribution in [0.4, 0.5) is 5.69 Å². The fourth-order valence-corrected chi connectivity index (χ4v) is 2.95. The van der Waals surface area contributed by atoms with Crippen LogP contribution < -0.4 is 5.32 Å². The lowest BCUT2D eigenvalue weighted by Gasteiger charge is -2.11. The maximum absolute atomic E-state index is 12.9. The van der Waals surface area contributed by atoms with Gasteiger partial charge in [0, 0.05) is 16.7 Å². The zero-order valence-corrected chi connectivity index (χ0v) is 16.2. The molecule has 4 rings (SSSR count). The summed E-state index contributed by atoms with van der Waals surface area (Å²) in [5.74, 6) is 0.845. The molecule has 0 atom stereocenters. The van der Waals surface area contributed by atoms with E-state index in [1.54, 1.807) is 19.1 Å². The smallest absolute Gasteiger partial charge is 0.261 e. The van der Waals surface area contributed by atoms with E-state index in [1.807, 2.05) is 57.2 Å². The molecule has 4 aromatic rings. The summed E-state index contributed by atoms with van der Waals surface area (Å²) in [6, 6.07) is 14.9. The van der Waals surface area contributed by atoms with Crippen LogP contribution in [-0.2, 0) is 5.41 Å². The molecule has 2 heterocycles. The van der Waals surface area contributed by atoms with Gasteiger partial charge in [-0.1, -0.05) is 56.3 Å². The molecule has 0 saturated carbocycles. The number of hydrogen-bond donors (Lipinski definition) is 1. The summed E-state index contributed by atoms with van der Waals surface area (Å²) in [5.41, 5.74) is 3.60. The number of benzene rings is 2. The van der Waals surface area contributed by atoms with Crippen LogP contribution in [0.15, 0.2) is 57.5 Å². The lowest BCUT2D eigenvalue weighted by molar-refractivity contribution is 0.102.